The molecule has 0 saturated heterocycles. The highest BCUT2D eigenvalue weighted by atomic mass is 16.5. The Morgan fingerprint density at radius 1 is 1.19 bits per heavy atom. The van der Waals surface area contributed by atoms with Gasteiger partial charge in [0, 0.05) is 40.5 Å². The number of nitrogens with one attached hydrogen (secondary N) is 3. The molecule has 3 N–H and O–H groups in total. The first kappa shape index (κ1) is 23.0. The first-order chi connectivity index (χ1) is 15.5. The van der Waals surface area contributed by atoms with Gasteiger partial charge >= 0.3 is 6.03 Å². The number of pyridine rings is 1. The van der Waals surface area contributed by atoms with Gasteiger partial charge in [-0.3, -0.25) is 4.98 Å². The van der Waals surface area contributed by atoms with Gasteiger partial charge in [-0.2, -0.15) is 0 Å². The summed E-state index contributed by atoms with van der Waals surface area (Å²) in [6.07, 6.45) is 5.64. The van der Waals surface area contributed by atoms with Crippen LogP contribution in [0.1, 0.15) is 48.3 Å². The molecule has 0 unspecified atom stereocenters. The van der Waals surface area contributed by atoms with Gasteiger partial charge in [0.2, 0.25) is 0 Å². The second-order valence-electron chi connectivity index (χ2n) is 7.39. The number of aryl methyl sites for hydroxylation is 1. The number of benzene rings is 1. The molecule has 3 aromatic rings. The normalized spacial score (nSPS) is 11.5. The summed E-state index contributed by atoms with van der Waals surface area (Å²) in [5, 5.41) is 9.03. The van der Waals surface area contributed by atoms with Crippen LogP contribution in [0.5, 0.6) is 5.75 Å². The number of urea groups is 1. The lowest BCUT2D eigenvalue weighted by molar-refractivity contribution is 0.252. The number of carbonyl (C=O) groups excluding carboxylic acids is 1. The molecule has 0 aliphatic carbocycles. The first-order valence-corrected chi connectivity index (χ1v) is 10.8. The molecule has 0 aliphatic rings. The van der Waals surface area contributed by atoms with Crippen LogP contribution in [0.3, 0.4) is 0 Å². The molecule has 2 heterocycles. The van der Waals surface area contributed by atoms with Gasteiger partial charge in [-0.25, -0.2) is 14.8 Å². The van der Waals surface area contributed by atoms with Crippen molar-refractivity contribution in [1.29, 1.82) is 0 Å². The Morgan fingerprint density at radius 3 is 2.72 bits per heavy atom. The third-order valence-corrected chi connectivity index (χ3v) is 4.89. The Balaban J connectivity index is 0.00000385. The summed E-state index contributed by atoms with van der Waals surface area (Å²) in [7, 11) is 1.56. The molecule has 0 bridgehead atoms. The molecule has 32 heavy (non-hydrogen) atoms. The molecule has 174 valence electrons. The fourth-order valence-corrected chi connectivity index (χ4v) is 3.40. The number of amides is 2. The second-order valence-corrected chi connectivity index (χ2v) is 7.39. The Hall–Kier alpha value is -3.68. The summed E-state index contributed by atoms with van der Waals surface area (Å²) in [6, 6.07) is 11.3. The molecule has 0 aliphatic heterocycles. The summed E-state index contributed by atoms with van der Waals surface area (Å²) < 4.78 is 5.48. The molecule has 0 saturated carbocycles. The van der Waals surface area contributed by atoms with Crippen molar-refractivity contribution >= 4 is 17.5 Å². The van der Waals surface area contributed by atoms with E-state index in [1.807, 2.05) is 44.3 Å². The minimum atomic E-state index is -0.283. The highest BCUT2D eigenvalue weighted by molar-refractivity contribution is 5.91. The van der Waals surface area contributed by atoms with Crippen molar-refractivity contribution in [3.63, 3.8) is 0 Å². The predicted molar refractivity (Wildman–Crippen MR) is 133 cm³/mol. The van der Waals surface area contributed by atoms with Crippen molar-refractivity contribution in [1.82, 2.24) is 20.3 Å². The number of nitrogens with zero attached hydrogens (tertiary/aromatic N) is 3. The standard InChI is InChI=1S/C24H30N6O2.3H2/c1-5-8-19(18-9-7-12-25-15-18)28-22-13-16(3)27-23(30-22)17-10-11-20(21(14-17)32-4)29-24(31)26-6-2;;;/h7,9-15,19H,5-6,8H2,1-4H3,(H2,26,29,31)(H,27,28,30);3*1H/t19-;;;/m0.../s1. The van der Waals surface area contributed by atoms with E-state index in [1.165, 1.54) is 0 Å². The van der Waals surface area contributed by atoms with E-state index in [-0.39, 0.29) is 16.4 Å². The third kappa shape index (κ3) is 5.94. The van der Waals surface area contributed by atoms with E-state index >= 15 is 0 Å². The molecule has 1 atom stereocenters. The van der Waals surface area contributed by atoms with E-state index < -0.39 is 0 Å². The van der Waals surface area contributed by atoms with E-state index in [0.29, 0.717) is 23.8 Å². The quantitative estimate of drug-likeness (QED) is 0.395. The van der Waals surface area contributed by atoms with Crippen LogP contribution in [0.4, 0.5) is 16.3 Å². The van der Waals surface area contributed by atoms with Gasteiger partial charge in [0.15, 0.2) is 5.82 Å². The topological polar surface area (TPSA) is 101 Å². The summed E-state index contributed by atoms with van der Waals surface area (Å²) in [5.74, 6) is 1.86. The molecule has 8 heteroatoms. The van der Waals surface area contributed by atoms with Gasteiger partial charge in [-0.05, 0) is 50.1 Å². The lowest BCUT2D eigenvalue weighted by Crippen LogP contribution is -2.28. The van der Waals surface area contributed by atoms with E-state index in [2.05, 4.69) is 38.9 Å². The number of hydrogen-bond donors (Lipinski definition) is 3. The maximum Gasteiger partial charge on any atom is 0.319 e. The van der Waals surface area contributed by atoms with Crippen LogP contribution in [0.15, 0.2) is 48.8 Å². The van der Waals surface area contributed by atoms with Crippen molar-refractivity contribution < 1.29 is 13.8 Å². The highest BCUT2D eigenvalue weighted by Crippen LogP contribution is 2.31. The van der Waals surface area contributed by atoms with Gasteiger partial charge in [0.1, 0.15) is 11.6 Å². The summed E-state index contributed by atoms with van der Waals surface area (Å²) in [4.78, 5) is 25.5. The largest absolute Gasteiger partial charge is 0.495 e. The van der Waals surface area contributed by atoms with Gasteiger partial charge in [-0.1, -0.05) is 19.4 Å². The summed E-state index contributed by atoms with van der Waals surface area (Å²) in [5.41, 5.74) is 3.34. The van der Waals surface area contributed by atoms with Crippen LogP contribution in [0.25, 0.3) is 11.4 Å². The number of ether oxygens (including phenoxy) is 1. The molecule has 0 spiro atoms. The zero-order chi connectivity index (χ0) is 22.9. The Bertz CT molecular complexity index is 1060. The maximum atomic E-state index is 11.9. The molecule has 8 nitrogen and oxygen atoms in total. The molecule has 2 amide bonds. The van der Waals surface area contributed by atoms with Crippen molar-refractivity contribution in [3.8, 4) is 17.1 Å². The van der Waals surface area contributed by atoms with Crippen LogP contribution in [-0.4, -0.2) is 34.6 Å². The lowest BCUT2D eigenvalue weighted by atomic mass is 10.0. The highest BCUT2D eigenvalue weighted by Gasteiger charge is 2.15. The summed E-state index contributed by atoms with van der Waals surface area (Å²) in [6.45, 7) is 6.50. The average Bonchev–Trinajstić information content (AvgIpc) is 2.79. The van der Waals surface area contributed by atoms with Crippen LogP contribution in [0.2, 0.25) is 0 Å². The van der Waals surface area contributed by atoms with Crippen molar-refractivity contribution in [2.24, 2.45) is 0 Å². The van der Waals surface area contributed by atoms with Gasteiger partial charge in [-0.15, -0.1) is 0 Å². The molecule has 0 fully saturated rings. The number of hydrogen-bond acceptors (Lipinski definition) is 6. The number of carbonyl (C=O) groups is 1. The minimum Gasteiger partial charge on any atom is -0.495 e. The van der Waals surface area contributed by atoms with E-state index in [1.54, 1.807) is 19.4 Å². The lowest BCUT2D eigenvalue weighted by Gasteiger charge is -2.19. The van der Waals surface area contributed by atoms with E-state index in [0.717, 1.165) is 35.5 Å². The maximum absolute atomic E-state index is 11.9. The Labute approximate surface area is 193 Å². The van der Waals surface area contributed by atoms with Crippen LogP contribution >= 0.6 is 0 Å². The SMILES string of the molecule is CCC[C@H](Nc1cc(C)nc(-c2ccc(NC(=O)NCC)c(OC)c2)n1)c1cccnc1.[HH].[HH].[HH]. The van der Waals surface area contributed by atoms with Crippen LogP contribution < -0.4 is 20.7 Å². The number of aromatic nitrogens is 3. The van der Waals surface area contributed by atoms with Crippen LogP contribution in [-0.2, 0) is 0 Å². The molecule has 0 radical (unpaired) electrons. The number of methoxy groups -OCH3 is 1. The minimum absolute atomic E-state index is 0. The molecule has 1 aromatic carbocycles. The Kier molecular flexibility index (Phi) is 7.96. The zero-order valence-corrected chi connectivity index (χ0v) is 19.0. The number of rotatable bonds is 9. The van der Waals surface area contributed by atoms with Crippen LogP contribution in [0, 0.1) is 6.92 Å². The predicted octanol–water partition coefficient (Wildman–Crippen LogP) is 5.69. The van der Waals surface area contributed by atoms with Gasteiger partial charge < -0.3 is 20.7 Å². The molecule has 2 aromatic heterocycles. The average molecular weight is 441 g/mol. The first-order valence-electron chi connectivity index (χ1n) is 10.8. The van der Waals surface area contributed by atoms with E-state index in [9.17, 15) is 4.79 Å². The molecule has 3 rings (SSSR count). The smallest absolute Gasteiger partial charge is 0.319 e. The second kappa shape index (κ2) is 11.1. The molecular formula is C24H36N6O2. The van der Waals surface area contributed by atoms with Crippen molar-refractivity contribution in [2.45, 2.75) is 39.7 Å². The Morgan fingerprint density at radius 2 is 2.03 bits per heavy atom. The molecular weight excluding hydrogens is 404 g/mol. The van der Waals surface area contributed by atoms with Crippen molar-refractivity contribution in [3.05, 3.63) is 60.0 Å². The van der Waals surface area contributed by atoms with Gasteiger partial charge in [0.25, 0.3) is 0 Å². The third-order valence-electron chi connectivity index (χ3n) is 4.89. The summed E-state index contributed by atoms with van der Waals surface area (Å²) >= 11 is 0. The number of anilines is 2. The van der Waals surface area contributed by atoms with Crippen molar-refractivity contribution in [2.75, 3.05) is 24.3 Å². The monoisotopic (exact) mass is 440 g/mol. The van der Waals surface area contributed by atoms with E-state index in [4.69, 9.17) is 9.72 Å². The zero-order valence-electron chi connectivity index (χ0n) is 19.0. The van der Waals surface area contributed by atoms with Gasteiger partial charge in [0.05, 0.1) is 18.8 Å². The fourth-order valence-electron chi connectivity index (χ4n) is 3.40. The fraction of sp³-hybridized carbons (Fsp3) is 0.333.